The van der Waals surface area contributed by atoms with E-state index in [9.17, 15) is 0 Å². The summed E-state index contributed by atoms with van der Waals surface area (Å²) in [5, 5.41) is 0.266. The van der Waals surface area contributed by atoms with Crippen molar-refractivity contribution >= 4 is 14.4 Å². The Balaban J connectivity index is 2.15. The zero-order valence-corrected chi connectivity index (χ0v) is 12.5. The van der Waals surface area contributed by atoms with Gasteiger partial charge in [-0.1, -0.05) is 45.0 Å². The lowest BCUT2D eigenvalue weighted by Gasteiger charge is -2.36. The fourth-order valence-corrected chi connectivity index (χ4v) is 2.89. The van der Waals surface area contributed by atoms with Gasteiger partial charge in [0.2, 0.25) is 8.32 Å². The summed E-state index contributed by atoms with van der Waals surface area (Å²) in [6.45, 7) is 11.4. The maximum atomic E-state index is 6.35. The molecule has 1 aromatic rings. The smallest absolute Gasteiger partial charge is 0.250 e. The lowest BCUT2D eigenvalue weighted by atomic mass is 10.1. The topological polar surface area (TPSA) is 9.23 Å². The Labute approximate surface area is 106 Å². The van der Waals surface area contributed by atoms with Crippen molar-refractivity contribution in [1.82, 2.24) is 0 Å². The predicted octanol–water partition coefficient (Wildman–Crippen LogP) is 4.61. The molecule has 2 heteroatoms. The van der Waals surface area contributed by atoms with E-state index in [1.165, 1.54) is 11.1 Å². The van der Waals surface area contributed by atoms with E-state index >= 15 is 0 Å². The van der Waals surface area contributed by atoms with Crippen LogP contribution in [0.25, 0.3) is 6.08 Å². The third kappa shape index (κ3) is 2.47. The Morgan fingerprint density at radius 3 is 2.35 bits per heavy atom. The first-order valence-corrected chi connectivity index (χ1v) is 9.18. The SMILES string of the molecule is CC(C)(C)[Si](C)(C)OC1=Cc2ccccc2C1. The van der Waals surface area contributed by atoms with E-state index in [0.717, 1.165) is 12.2 Å². The van der Waals surface area contributed by atoms with Gasteiger partial charge in [0.25, 0.3) is 0 Å². The molecule has 0 aliphatic heterocycles. The molecule has 17 heavy (non-hydrogen) atoms. The standard InChI is InChI=1S/C15H22OSi/c1-15(2,3)17(4,5)16-14-10-12-8-6-7-9-13(12)11-14/h6-10H,11H2,1-5H3. The summed E-state index contributed by atoms with van der Waals surface area (Å²) in [4.78, 5) is 0. The van der Waals surface area contributed by atoms with Crippen molar-refractivity contribution in [1.29, 1.82) is 0 Å². The first-order valence-electron chi connectivity index (χ1n) is 6.27. The minimum Gasteiger partial charge on any atom is -0.546 e. The first kappa shape index (κ1) is 12.4. The van der Waals surface area contributed by atoms with Gasteiger partial charge < -0.3 is 4.43 Å². The van der Waals surface area contributed by atoms with Gasteiger partial charge in [-0.3, -0.25) is 0 Å². The average molecular weight is 246 g/mol. The third-order valence-corrected chi connectivity index (χ3v) is 8.31. The fourth-order valence-electron chi connectivity index (χ4n) is 1.79. The molecule has 1 aromatic carbocycles. The monoisotopic (exact) mass is 246 g/mol. The Bertz CT molecular complexity index is 452. The zero-order valence-electron chi connectivity index (χ0n) is 11.5. The van der Waals surface area contributed by atoms with Gasteiger partial charge >= 0.3 is 0 Å². The number of benzene rings is 1. The van der Waals surface area contributed by atoms with Crippen LogP contribution in [0, 0.1) is 0 Å². The second-order valence-corrected chi connectivity index (χ2v) is 11.1. The highest BCUT2D eigenvalue weighted by Gasteiger charge is 2.39. The molecule has 92 valence electrons. The predicted molar refractivity (Wildman–Crippen MR) is 76.4 cm³/mol. The normalized spacial score (nSPS) is 15.5. The second kappa shape index (κ2) is 4.02. The van der Waals surface area contributed by atoms with Crippen molar-refractivity contribution in [2.24, 2.45) is 0 Å². The lowest BCUT2D eigenvalue weighted by Crippen LogP contribution is -2.40. The fraction of sp³-hybridized carbons (Fsp3) is 0.467. The molecule has 0 saturated carbocycles. The molecule has 0 bridgehead atoms. The van der Waals surface area contributed by atoms with Crippen LogP contribution in [0.1, 0.15) is 31.9 Å². The molecule has 0 saturated heterocycles. The summed E-state index contributed by atoms with van der Waals surface area (Å²) in [7, 11) is -1.68. The van der Waals surface area contributed by atoms with Crippen LogP contribution in [0.3, 0.4) is 0 Å². The molecule has 1 aliphatic rings. The number of hydrogen-bond donors (Lipinski definition) is 0. The van der Waals surface area contributed by atoms with E-state index in [1.54, 1.807) is 0 Å². The largest absolute Gasteiger partial charge is 0.546 e. The van der Waals surface area contributed by atoms with Crippen molar-refractivity contribution in [2.75, 3.05) is 0 Å². The maximum Gasteiger partial charge on any atom is 0.250 e. The Morgan fingerprint density at radius 2 is 1.76 bits per heavy atom. The molecule has 0 N–H and O–H groups in total. The molecule has 0 amide bonds. The molecule has 0 heterocycles. The molecular weight excluding hydrogens is 224 g/mol. The quantitative estimate of drug-likeness (QED) is 0.693. The van der Waals surface area contributed by atoms with Crippen LogP contribution in [0.15, 0.2) is 30.0 Å². The van der Waals surface area contributed by atoms with Crippen LogP contribution in [-0.2, 0) is 10.8 Å². The van der Waals surface area contributed by atoms with Crippen molar-refractivity contribution in [3.05, 3.63) is 41.2 Å². The highest BCUT2D eigenvalue weighted by atomic mass is 28.4. The van der Waals surface area contributed by atoms with Crippen LogP contribution in [0.5, 0.6) is 0 Å². The lowest BCUT2D eigenvalue weighted by molar-refractivity contribution is 0.381. The summed E-state index contributed by atoms with van der Waals surface area (Å²) in [6.07, 6.45) is 3.17. The van der Waals surface area contributed by atoms with Gasteiger partial charge in [-0.2, -0.15) is 0 Å². The van der Waals surface area contributed by atoms with Gasteiger partial charge in [0.1, 0.15) is 0 Å². The van der Waals surface area contributed by atoms with Crippen LogP contribution >= 0.6 is 0 Å². The van der Waals surface area contributed by atoms with Crippen LogP contribution in [-0.4, -0.2) is 8.32 Å². The Hall–Kier alpha value is -1.02. The van der Waals surface area contributed by atoms with Crippen molar-refractivity contribution in [3.63, 3.8) is 0 Å². The van der Waals surface area contributed by atoms with E-state index in [1.807, 2.05) is 0 Å². The van der Waals surface area contributed by atoms with E-state index in [2.05, 4.69) is 64.2 Å². The molecule has 0 spiro atoms. The number of hydrogen-bond acceptors (Lipinski definition) is 1. The summed E-state index contributed by atoms with van der Waals surface area (Å²) >= 11 is 0. The Kier molecular flexibility index (Phi) is 2.94. The zero-order chi connectivity index (χ0) is 12.7. The van der Waals surface area contributed by atoms with Crippen molar-refractivity contribution in [2.45, 2.75) is 45.3 Å². The summed E-state index contributed by atoms with van der Waals surface area (Å²) in [5.41, 5.74) is 2.71. The molecule has 0 aromatic heterocycles. The van der Waals surface area contributed by atoms with Gasteiger partial charge in [0.15, 0.2) is 0 Å². The van der Waals surface area contributed by atoms with Crippen LogP contribution in [0.4, 0.5) is 0 Å². The van der Waals surface area contributed by atoms with E-state index in [4.69, 9.17) is 4.43 Å². The molecular formula is C15H22OSi. The highest BCUT2D eigenvalue weighted by Crippen LogP contribution is 2.39. The van der Waals surface area contributed by atoms with E-state index in [0.29, 0.717) is 0 Å². The molecule has 0 atom stereocenters. The summed E-state index contributed by atoms with van der Waals surface area (Å²) < 4.78 is 6.35. The average Bonchev–Trinajstić information content (AvgIpc) is 2.56. The second-order valence-electron chi connectivity index (χ2n) is 6.35. The van der Waals surface area contributed by atoms with Gasteiger partial charge in [0, 0.05) is 6.42 Å². The summed E-state index contributed by atoms with van der Waals surface area (Å²) in [6, 6.07) is 8.54. The van der Waals surface area contributed by atoms with Gasteiger partial charge in [-0.05, 0) is 35.3 Å². The molecule has 0 radical (unpaired) electrons. The van der Waals surface area contributed by atoms with E-state index in [-0.39, 0.29) is 5.04 Å². The third-order valence-electron chi connectivity index (χ3n) is 3.93. The molecule has 0 fully saturated rings. The maximum absolute atomic E-state index is 6.35. The summed E-state index contributed by atoms with van der Waals surface area (Å²) in [5.74, 6) is 1.15. The van der Waals surface area contributed by atoms with Gasteiger partial charge in [-0.15, -0.1) is 0 Å². The molecule has 1 aliphatic carbocycles. The highest BCUT2D eigenvalue weighted by molar-refractivity contribution is 6.74. The van der Waals surface area contributed by atoms with Crippen LogP contribution < -0.4 is 0 Å². The molecule has 0 unspecified atom stereocenters. The minimum absolute atomic E-state index is 0.266. The number of fused-ring (bicyclic) bond motifs is 1. The van der Waals surface area contributed by atoms with Crippen LogP contribution in [0.2, 0.25) is 18.1 Å². The van der Waals surface area contributed by atoms with Gasteiger partial charge in [0.05, 0.1) is 5.76 Å². The van der Waals surface area contributed by atoms with Gasteiger partial charge in [-0.25, -0.2) is 0 Å². The molecule has 2 rings (SSSR count). The number of rotatable bonds is 2. The number of allylic oxidation sites excluding steroid dienone is 1. The molecule has 1 nitrogen and oxygen atoms in total. The van der Waals surface area contributed by atoms with Crippen molar-refractivity contribution < 1.29 is 4.43 Å². The van der Waals surface area contributed by atoms with E-state index < -0.39 is 8.32 Å². The minimum atomic E-state index is -1.68. The first-order chi connectivity index (χ1) is 7.79. The Morgan fingerprint density at radius 1 is 1.12 bits per heavy atom. The van der Waals surface area contributed by atoms with Crippen molar-refractivity contribution in [3.8, 4) is 0 Å².